The number of hydrogen-bond acceptors (Lipinski definition) is 6. The lowest BCUT2D eigenvalue weighted by atomic mass is 9.96. The summed E-state index contributed by atoms with van der Waals surface area (Å²) >= 11 is 0. The lowest BCUT2D eigenvalue weighted by Gasteiger charge is -2.23. The zero-order valence-electron chi connectivity index (χ0n) is 36.6. The molecule has 9 heteroatoms. The second-order valence-electron chi connectivity index (χ2n) is 16.9. The Balaban J connectivity index is 1.22. The van der Waals surface area contributed by atoms with Crippen molar-refractivity contribution < 1.29 is 0 Å². The van der Waals surface area contributed by atoms with Gasteiger partial charge in [0.05, 0.1) is 85.8 Å². The van der Waals surface area contributed by atoms with Gasteiger partial charge in [0.2, 0.25) is 0 Å². The smallest absolute Gasteiger partial charge is 0.104 e. The standard InChI is InChI=1S/C60H33N9/c61-31-46-58(67-52-25-13-10-22-40(52)43-28-49(64-34-55(43)67)37-16-4-1-5-17-37)47(32-62)60(69-54-27-15-12-24-42(54)45-30-51(66-36-57(45)69)39-20-8-3-9-21-39)48(33-63)59(46)68-53-26-14-11-23-41(53)44-29-50(65-35-56(44)68)38-18-6-2-7-19-38/h1-30,34-36H. The maximum Gasteiger partial charge on any atom is 0.104 e. The first kappa shape index (κ1) is 39.2. The van der Waals surface area contributed by atoms with E-state index in [0.717, 1.165) is 82.6 Å². The van der Waals surface area contributed by atoms with Crippen molar-refractivity contribution in [1.29, 1.82) is 15.8 Å². The predicted molar refractivity (Wildman–Crippen MR) is 273 cm³/mol. The summed E-state index contributed by atoms with van der Waals surface area (Å²) in [6, 6.07) is 68.0. The van der Waals surface area contributed by atoms with Crippen molar-refractivity contribution in [1.82, 2.24) is 28.7 Å². The third-order valence-electron chi connectivity index (χ3n) is 13.3. The van der Waals surface area contributed by atoms with Gasteiger partial charge in [0.1, 0.15) is 34.9 Å². The van der Waals surface area contributed by atoms with E-state index >= 15 is 0 Å². The van der Waals surface area contributed by atoms with Crippen LogP contribution in [0.3, 0.4) is 0 Å². The molecule has 0 bridgehead atoms. The molecular weight excluding hydrogens is 847 g/mol. The zero-order chi connectivity index (χ0) is 46.2. The number of pyridine rings is 3. The minimum atomic E-state index is 0.140. The number of fused-ring (bicyclic) bond motifs is 9. The Morgan fingerprint density at radius 3 is 0.826 bits per heavy atom. The summed E-state index contributed by atoms with van der Waals surface area (Å²) < 4.78 is 5.95. The van der Waals surface area contributed by atoms with Gasteiger partial charge in [-0.05, 0) is 36.4 Å². The summed E-state index contributed by atoms with van der Waals surface area (Å²) in [5.41, 5.74) is 11.0. The molecule has 69 heavy (non-hydrogen) atoms. The van der Waals surface area contributed by atoms with Crippen molar-refractivity contribution in [3.05, 3.63) is 217 Å². The quantitative estimate of drug-likeness (QED) is 0.164. The molecule has 0 saturated carbocycles. The van der Waals surface area contributed by atoms with Crippen LogP contribution in [0.5, 0.6) is 0 Å². The van der Waals surface area contributed by atoms with E-state index in [2.05, 4.69) is 54.6 Å². The monoisotopic (exact) mass is 879 g/mol. The van der Waals surface area contributed by atoms with Crippen LogP contribution in [0.2, 0.25) is 0 Å². The molecule has 9 nitrogen and oxygen atoms in total. The number of benzene rings is 7. The molecule has 0 radical (unpaired) electrons. The van der Waals surface area contributed by atoms with E-state index in [1.165, 1.54) is 0 Å². The Morgan fingerprint density at radius 2 is 0.551 bits per heavy atom. The number of para-hydroxylation sites is 3. The van der Waals surface area contributed by atoms with Gasteiger partial charge in [-0.25, -0.2) is 0 Å². The summed E-state index contributed by atoms with van der Waals surface area (Å²) in [6.07, 6.45) is 5.47. The second kappa shape index (κ2) is 15.5. The van der Waals surface area contributed by atoms with Crippen LogP contribution in [0.15, 0.2) is 201 Å². The first-order valence-corrected chi connectivity index (χ1v) is 22.4. The number of rotatable bonds is 6. The average Bonchev–Trinajstić information content (AvgIpc) is 4.05. The Hall–Kier alpha value is -10.1. The van der Waals surface area contributed by atoms with Gasteiger partial charge in [0, 0.05) is 49.0 Å². The van der Waals surface area contributed by atoms with E-state index < -0.39 is 0 Å². The minimum Gasteiger partial charge on any atom is -0.305 e. The highest BCUT2D eigenvalue weighted by Crippen LogP contribution is 2.46. The van der Waals surface area contributed by atoms with Gasteiger partial charge < -0.3 is 13.7 Å². The normalized spacial score (nSPS) is 11.4. The summed E-state index contributed by atoms with van der Waals surface area (Å²) in [6.45, 7) is 0. The largest absolute Gasteiger partial charge is 0.305 e. The van der Waals surface area contributed by atoms with Crippen LogP contribution in [-0.4, -0.2) is 28.7 Å². The van der Waals surface area contributed by atoms with Crippen molar-refractivity contribution in [2.45, 2.75) is 0 Å². The number of aromatic nitrogens is 6. The van der Waals surface area contributed by atoms with Crippen LogP contribution in [0, 0.1) is 34.0 Å². The van der Waals surface area contributed by atoms with E-state index in [1.807, 2.05) is 178 Å². The van der Waals surface area contributed by atoms with E-state index in [1.54, 1.807) is 0 Å². The van der Waals surface area contributed by atoms with Gasteiger partial charge >= 0.3 is 0 Å². The fraction of sp³-hybridized carbons (Fsp3) is 0. The van der Waals surface area contributed by atoms with Crippen LogP contribution in [0.25, 0.3) is 116 Å². The molecule has 7 aromatic carbocycles. The Bertz CT molecular complexity index is 3920. The van der Waals surface area contributed by atoms with Crippen molar-refractivity contribution in [3.8, 4) is 69.0 Å². The van der Waals surface area contributed by atoms with Crippen molar-refractivity contribution in [2.24, 2.45) is 0 Å². The van der Waals surface area contributed by atoms with Crippen LogP contribution < -0.4 is 0 Å². The summed E-state index contributed by atoms with van der Waals surface area (Å²) in [4.78, 5) is 15.0. The van der Waals surface area contributed by atoms with E-state index in [4.69, 9.17) is 15.0 Å². The molecule has 0 saturated heterocycles. The predicted octanol–water partition coefficient (Wildman–Crippen LogP) is 13.8. The number of nitriles is 3. The van der Waals surface area contributed by atoms with Crippen molar-refractivity contribution in [3.63, 3.8) is 0 Å². The Kier molecular flexibility index (Phi) is 8.82. The van der Waals surface area contributed by atoms with Gasteiger partial charge in [-0.1, -0.05) is 146 Å². The minimum absolute atomic E-state index is 0.140. The lowest BCUT2D eigenvalue weighted by molar-refractivity contribution is 1.06. The highest BCUT2D eigenvalue weighted by molar-refractivity contribution is 6.14. The summed E-state index contributed by atoms with van der Waals surface area (Å²) in [5, 5.41) is 41.0. The first-order chi connectivity index (χ1) is 34.1. The molecule has 6 aromatic heterocycles. The number of hydrogen-bond donors (Lipinski definition) is 0. The molecule has 13 rings (SSSR count). The van der Waals surface area contributed by atoms with Gasteiger partial charge in [-0.3, -0.25) is 15.0 Å². The molecular formula is C60H33N9. The van der Waals surface area contributed by atoms with Crippen LogP contribution in [0.4, 0.5) is 0 Å². The SMILES string of the molecule is N#Cc1c(-n2c3ccccc3c3cc(-c4ccccc4)ncc32)c(C#N)c(-n2c3ccccc3c3cc(-c4ccccc4)ncc32)c(C#N)c1-n1c2ccccc2c2cc(-c3ccccc3)ncc21. The molecule has 6 heterocycles. The maximum absolute atomic E-state index is 11.9. The molecule has 0 unspecified atom stereocenters. The maximum atomic E-state index is 11.9. The fourth-order valence-corrected chi connectivity index (χ4v) is 10.3. The zero-order valence-corrected chi connectivity index (χ0v) is 36.6. The molecule has 0 aliphatic heterocycles. The van der Waals surface area contributed by atoms with Gasteiger partial charge in [-0.2, -0.15) is 15.8 Å². The van der Waals surface area contributed by atoms with E-state index in [0.29, 0.717) is 33.6 Å². The highest BCUT2D eigenvalue weighted by Gasteiger charge is 2.33. The van der Waals surface area contributed by atoms with Gasteiger partial charge in [-0.15, -0.1) is 0 Å². The van der Waals surface area contributed by atoms with E-state index in [9.17, 15) is 15.8 Å². The first-order valence-electron chi connectivity index (χ1n) is 22.4. The molecule has 0 amide bonds. The number of nitrogens with zero attached hydrogens (tertiary/aromatic N) is 9. The molecule has 0 atom stereocenters. The van der Waals surface area contributed by atoms with Crippen molar-refractivity contribution in [2.75, 3.05) is 0 Å². The van der Waals surface area contributed by atoms with Crippen LogP contribution >= 0.6 is 0 Å². The molecule has 0 N–H and O–H groups in total. The molecule has 0 aliphatic rings. The summed E-state index contributed by atoms with van der Waals surface area (Å²) in [5.74, 6) is 0. The lowest BCUT2D eigenvalue weighted by Crippen LogP contribution is -2.14. The third-order valence-corrected chi connectivity index (χ3v) is 13.3. The Morgan fingerprint density at radius 1 is 0.290 bits per heavy atom. The second-order valence-corrected chi connectivity index (χ2v) is 16.9. The van der Waals surface area contributed by atoms with Crippen LogP contribution in [0.1, 0.15) is 16.7 Å². The molecule has 318 valence electrons. The molecule has 0 aliphatic carbocycles. The molecule has 13 aromatic rings. The molecule has 0 fully saturated rings. The highest BCUT2D eigenvalue weighted by atomic mass is 15.1. The van der Waals surface area contributed by atoms with Gasteiger partial charge in [0.15, 0.2) is 0 Å². The fourth-order valence-electron chi connectivity index (χ4n) is 10.3. The Labute approximate surface area is 394 Å². The topological polar surface area (TPSA) is 125 Å². The average molecular weight is 880 g/mol. The van der Waals surface area contributed by atoms with E-state index in [-0.39, 0.29) is 16.7 Å². The van der Waals surface area contributed by atoms with Crippen LogP contribution in [-0.2, 0) is 0 Å². The molecule has 0 spiro atoms. The third kappa shape index (κ3) is 5.84. The van der Waals surface area contributed by atoms with Crippen molar-refractivity contribution >= 4 is 65.4 Å². The summed E-state index contributed by atoms with van der Waals surface area (Å²) in [7, 11) is 0. The van der Waals surface area contributed by atoms with Gasteiger partial charge in [0.25, 0.3) is 0 Å².